The van der Waals surface area contributed by atoms with E-state index in [4.69, 9.17) is 10.2 Å². The van der Waals surface area contributed by atoms with E-state index in [1.54, 1.807) is 6.92 Å². The molecule has 0 aromatic heterocycles. The first-order valence-electron chi connectivity index (χ1n) is 4.69. The zero-order valence-corrected chi connectivity index (χ0v) is 8.14. The fraction of sp³-hybridized carbons (Fsp3) is 0.778. The molecule has 1 aliphatic heterocycles. The number of hydrogen-bond acceptors (Lipinski definition) is 3. The Balaban J connectivity index is 2.64. The summed E-state index contributed by atoms with van der Waals surface area (Å²) in [7, 11) is 0. The highest BCUT2D eigenvalue weighted by Crippen LogP contribution is 2.19. The van der Waals surface area contributed by atoms with E-state index in [0.29, 0.717) is 6.42 Å². The van der Waals surface area contributed by atoms with Crippen molar-refractivity contribution in [3.63, 3.8) is 0 Å². The fourth-order valence-corrected chi connectivity index (χ4v) is 1.60. The van der Waals surface area contributed by atoms with Gasteiger partial charge in [0.05, 0.1) is 18.6 Å². The Labute approximate surface area is 82.3 Å². The summed E-state index contributed by atoms with van der Waals surface area (Å²) in [6.45, 7) is 1.80. The molecule has 0 aromatic carbocycles. The molecule has 5 heteroatoms. The highest BCUT2D eigenvalue weighted by atomic mass is 16.4. The summed E-state index contributed by atoms with van der Waals surface area (Å²) in [4.78, 5) is 23.5. The number of amides is 1. The first kappa shape index (κ1) is 11.0. The lowest BCUT2D eigenvalue weighted by atomic mass is 9.96. The van der Waals surface area contributed by atoms with E-state index in [-0.39, 0.29) is 31.5 Å². The van der Waals surface area contributed by atoms with Gasteiger partial charge in [-0.1, -0.05) is 0 Å². The summed E-state index contributed by atoms with van der Waals surface area (Å²) in [5.41, 5.74) is 0. The molecule has 1 rings (SSSR count). The average molecular weight is 201 g/mol. The fourth-order valence-electron chi connectivity index (χ4n) is 1.60. The SMILES string of the molecule is CC(CO)N1CC(C(=O)O)CCC1=O. The van der Waals surface area contributed by atoms with Gasteiger partial charge in [0.15, 0.2) is 0 Å². The minimum atomic E-state index is -0.868. The third kappa shape index (κ3) is 2.23. The van der Waals surface area contributed by atoms with Gasteiger partial charge in [-0.15, -0.1) is 0 Å². The summed E-state index contributed by atoms with van der Waals surface area (Å²) < 4.78 is 0. The van der Waals surface area contributed by atoms with Crippen LogP contribution in [0.15, 0.2) is 0 Å². The second kappa shape index (κ2) is 4.41. The Bertz CT molecular complexity index is 241. The monoisotopic (exact) mass is 201 g/mol. The Kier molecular flexibility index (Phi) is 3.46. The molecule has 1 fully saturated rings. The second-order valence-corrected chi connectivity index (χ2v) is 3.65. The molecule has 0 spiro atoms. The number of carboxylic acids is 1. The normalized spacial score (nSPS) is 24.9. The molecule has 1 amide bonds. The van der Waals surface area contributed by atoms with Crippen LogP contribution in [0.25, 0.3) is 0 Å². The summed E-state index contributed by atoms with van der Waals surface area (Å²) in [6, 6.07) is -0.287. The molecule has 0 aliphatic carbocycles. The van der Waals surface area contributed by atoms with Crippen LogP contribution in [0.5, 0.6) is 0 Å². The number of carbonyl (C=O) groups excluding carboxylic acids is 1. The second-order valence-electron chi connectivity index (χ2n) is 3.65. The number of aliphatic hydroxyl groups excluding tert-OH is 1. The average Bonchev–Trinajstić information content (AvgIpc) is 2.17. The maximum Gasteiger partial charge on any atom is 0.308 e. The molecule has 0 radical (unpaired) electrons. The molecular formula is C9H15NO4. The molecule has 0 bridgehead atoms. The van der Waals surface area contributed by atoms with Gasteiger partial charge in [0, 0.05) is 13.0 Å². The van der Waals surface area contributed by atoms with E-state index in [0.717, 1.165) is 0 Å². The lowest BCUT2D eigenvalue weighted by Crippen LogP contribution is -2.48. The lowest BCUT2D eigenvalue weighted by Gasteiger charge is -2.34. The van der Waals surface area contributed by atoms with Crippen molar-refractivity contribution >= 4 is 11.9 Å². The van der Waals surface area contributed by atoms with Crippen molar-refractivity contribution in [1.29, 1.82) is 0 Å². The van der Waals surface area contributed by atoms with Crippen molar-refractivity contribution < 1.29 is 19.8 Å². The maximum absolute atomic E-state index is 11.4. The van der Waals surface area contributed by atoms with Gasteiger partial charge in [-0.2, -0.15) is 0 Å². The Morgan fingerprint density at radius 2 is 2.36 bits per heavy atom. The van der Waals surface area contributed by atoms with E-state index < -0.39 is 11.9 Å². The zero-order chi connectivity index (χ0) is 10.7. The molecule has 14 heavy (non-hydrogen) atoms. The largest absolute Gasteiger partial charge is 0.481 e. The van der Waals surface area contributed by atoms with Crippen LogP contribution in [0, 0.1) is 5.92 Å². The Morgan fingerprint density at radius 3 is 2.86 bits per heavy atom. The summed E-state index contributed by atoms with van der Waals surface area (Å²) in [5.74, 6) is -1.42. The molecular weight excluding hydrogens is 186 g/mol. The molecule has 1 saturated heterocycles. The van der Waals surface area contributed by atoms with Crippen LogP contribution in [-0.2, 0) is 9.59 Å². The van der Waals surface area contributed by atoms with Gasteiger partial charge in [0.25, 0.3) is 0 Å². The lowest BCUT2D eigenvalue weighted by molar-refractivity contribution is -0.149. The minimum Gasteiger partial charge on any atom is -0.481 e. The summed E-state index contributed by atoms with van der Waals surface area (Å²) in [5, 5.41) is 17.7. The summed E-state index contributed by atoms with van der Waals surface area (Å²) >= 11 is 0. The number of carbonyl (C=O) groups is 2. The van der Waals surface area contributed by atoms with Gasteiger partial charge >= 0.3 is 5.97 Å². The number of nitrogens with zero attached hydrogens (tertiary/aromatic N) is 1. The van der Waals surface area contributed by atoms with E-state index in [9.17, 15) is 9.59 Å². The van der Waals surface area contributed by atoms with Crippen LogP contribution in [-0.4, -0.2) is 46.2 Å². The standard InChI is InChI=1S/C9H15NO4/c1-6(5-11)10-4-7(9(13)14)2-3-8(10)12/h6-7,11H,2-5H2,1H3,(H,13,14). The molecule has 0 aromatic rings. The minimum absolute atomic E-state index is 0.0657. The molecule has 2 atom stereocenters. The van der Waals surface area contributed by atoms with Gasteiger partial charge in [0.2, 0.25) is 5.91 Å². The number of hydrogen-bond donors (Lipinski definition) is 2. The van der Waals surface area contributed by atoms with E-state index >= 15 is 0 Å². The van der Waals surface area contributed by atoms with Crippen LogP contribution in [0.4, 0.5) is 0 Å². The van der Waals surface area contributed by atoms with Crippen LogP contribution in [0.1, 0.15) is 19.8 Å². The van der Waals surface area contributed by atoms with Crippen molar-refractivity contribution in [2.24, 2.45) is 5.92 Å². The van der Waals surface area contributed by atoms with Crippen LogP contribution in [0.3, 0.4) is 0 Å². The molecule has 1 aliphatic rings. The highest BCUT2D eigenvalue weighted by Gasteiger charge is 2.32. The van der Waals surface area contributed by atoms with Crippen LogP contribution >= 0.6 is 0 Å². The third-order valence-electron chi connectivity index (χ3n) is 2.59. The van der Waals surface area contributed by atoms with Gasteiger partial charge < -0.3 is 15.1 Å². The number of aliphatic carboxylic acids is 1. The smallest absolute Gasteiger partial charge is 0.308 e. The van der Waals surface area contributed by atoms with Crippen molar-refractivity contribution in [2.45, 2.75) is 25.8 Å². The Hall–Kier alpha value is -1.10. The summed E-state index contributed by atoms with van der Waals surface area (Å²) in [6.07, 6.45) is 0.671. The van der Waals surface area contributed by atoms with Crippen molar-refractivity contribution in [3.8, 4) is 0 Å². The van der Waals surface area contributed by atoms with Gasteiger partial charge in [-0.05, 0) is 13.3 Å². The van der Waals surface area contributed by atoms with Crippen LogP contribution in [0.2, 0.25) is 0 Å². The quantitative estimate of drug-likeness (QED) is 0.656. The Morgan fingerprint density at radius 1 is 1.71 bits per heavy atom. The highest BCUT2D eigenvalue weighted by molar-refractivity contribution is 5.80. The van der Waals surface area contributed by atoms with Crippen molar-refractivity contribution in [2.75, 3.05) is 13.2 Å². The molecule has 80 valence electrons. The third-order valence-corrected chi connectivity index (χ3v) is 2.59. The van der Waals surface area contributed by atoms with E-state index in [1.165, 1.54) is 4.90 Å². The number of aliphatic hydroxyl groups is 1. The number of rotatable bonds is 3. The molecule has 2 unspecified atom stereocenters. The van der Waals surface area contributed by atoms with Gasteiger partial charge in [-0.25, -0.2) is 0 Å². The van der Waals surface area contributed by atoms with Crippen LogP contribution < -0.4 is 0 Å². The number of carboxylic acid groups (broad SMARTS) is 1. The molecule has 5 nitrogen and oxygen atoms in total. The molecule has 1 heterocycles. The number of piperidine rings is 1. The zero-order valence-electron chi connectivity index (χ0n) is 8.14. The van der Waals surface area contributed by atoms with Crippen molar-refractivity contribution in [1.82, 2.24) is 4.90 Å². The molecule has 2 N–H and O–H groups in total. The predicted octanol–water partition coefficient (Wildman–Crippen LogP) is -0.310. The molecule has 0 saturated carbocycles. The first-order chi connectivity index (χ1) is 6.56. The van der Waals surface area contributed by atoms with E-state index in [1.807, 2.05) is 0 Å². The predicted molar refractivity (Wildman–Crippen MR) is 48.6 cm³/mol. The maximum atomic E-state index is 11.4. The van der Waals surface area contributed by atoms with Crippen molar-refractivity contribution in [3.05, 3.63) is 0 Å². The van der Waals surface area contributed by atoms with Gasteiger partial charge in [0.1, 0.15) is 0 Å². The van der Waals surface area contributed by atoms with E-state index in [2.05, 4.69) is 0 Å². The number of likely N-dealkylation sites (tertiary alicyclic amines) is 1. The first-order valence-corrected chi connectivity index (χ1v) is 4.69. The van der Waals surface area contributed by atoms with Gasteiger partial charge in [-0.3, -0.25) is 9.59 Å². The topological polar surface area (TPSA) is 77.8 Å².